The van der Waals surface area contributed by atoms with Crippen LogP contribution in [0.3, 0.4) is 0 Å². The minimum absolute atomic E-state index is 0.857. The first-order valence-corrected chi connectivity index (χ1v) is 6.00. The van der Waals surface area contributed by atoms with E-state index in [2.05, 4.69) is 21.8 Å². The molecule has 0 aliphatic carbocycles. The second-order valence-electron chi connectivity index (χ2n) is 3.56. The first kappa shape index (κ1) is 10.2. The molecular weight excluding hydrogens is 204 g/mol. The lowest BCUT2D eigenvalue weighted by atomic mass is 10.1. The number of nitrogen functional groups attached to an aromatic ring is 1. The van der Waals surface area contributed by atoms with E-state index in [1.54, 1.807) is 17.5 Å². The topological polar surface area (TPSA) is 38.9 Å². The van der Waals surface area contributed by atoms with Crippen LogP contribution >= 0.6 is 11.3 Å². The van der Waals surface area contributed by atoms with E-state index < -0.39 is 0 Å². The number of nitrogens with zero attached hydrogens (tertiary/aromatic N) is 1. The van der Waals surface area contributed by atoms with E-state index in [-0.39, 0.29) is 0 Å². The van der Waals surface area contributed by atoms with Gasteiger partial charge < -0.3 is 5.73 Å². The lowest BCUT2D eigenvalue weighted by Crippen LogP contribution is -1.96. The Labute approximate surface area is 93.8 Å². The number of hydrogen-bond donors (Lipinski definition) is 1. The van der Waals surface area contributed by atoms with E-state index in [1.165, 1.54) is 5.56 Å². The minimum Gasteiger partial charge on any atom is -0.398 e. The SMILES string of the molecule is Nc1ccncc1CCCc1ccsc1. The van der Waals surface area contributed by atoms with Gasteiger partial charge in [0, 0.05) is 18.1 Å². The highest BCUT2D eigenvalue weighted by Gasteiger charge is 1.99. The van der Waals surface area contributed by atoms with E-state index in [0.717, 1.165) is 30.5 Å². The van der Waals surface area contributed by atoms with Gasteiger partial charge in [0.05, 0.1) is 0 Å². The van der Waals surface area contributed by atoms with Crippen LogP contribution in [0.2, 0.25) is 0 Å². The van der Waals surface area contributed by atoms with Crippen LogP contribution in [-0.4, -0.2) is 4.98 Å². The highest BCUT2D eigenvalue weighted by Crippen LogP contribution is 2.14. The Morgan fingerprint density at radius 2 is 2.20 bits per heavy atom. The van der Waals surface area contributed by atoms with Crippen molar-refractivity contribution in [3.8, 4) is 0 Å². The Morgan fingerprint density at radius 1 is 1.27 bits per heavy atom. The van der Waals surface area contributed by atoms with Gasteiger partial charge in [-0.2, -0.15) is 11.3 Å². The normalized spacial score (nSPS) is 10.4. The number of nitrogens with two attached hydrogens (primary N) is 1. The average molecular weight is 218 g/mol. The number of rotatable bonds is 4. The molecule has 0 atom stereocenters. The number of aromatic nitrogens is 1. The maximum Gasteiger partial charge on any atom is 0.0377 e. The lowest BCUT2D eigenvalue weighted by molar-refractivity contribution is 0.821. The van der Waals surface area contributed by atoms with E-state index in [0.29, 0.717) is 0 Å². The van der Waals surface area contributed by atoms with Gasteiger partial charge in [-0.1, -0.05) is 0 Å². The number of thiophene rings is 1. The predicted molar refractivity (Wildman–Crippen MR) is 65.0 cm³/mol. The van der Waals surface area contributed by atoms with Crippen molar-refractivity contribution < 1.29 is 0 Å². The van der Waals surface area contributed by atoms with Crippen molar-refractivity contribution in [3.05, 3.63) is 46.4 Å². The smallest absolute Gasteiger partial charge is 0.0377 e. The molecule has 15 heavy (non-hydrogen) atoms. The van der Waals surface area contributed by atoms with Crippen molar-refractivity contribution >= 4 is 17.0 Å². The van der Waals surface area contributed by atoms with Crippen molar-refractivity contribution in [2.24, 2.45) is 0 Å². The average Bonchev–Trinajstić information content (AvgIpc) is 2.74. The monoisotopic (exact) mass is 218 g/mol. The molecule has 78 valence electrons. The largest absolute Gasteiger partial charge is 0.398 e. The molecule has 0 fully saturated rings. The second kappa shape index (κ2) is 4.94. The van der Waals surface area contributed by atoms with E-state index in [9.17, 15) is 0 Å². The van der Waals surface area contributed by atoms with Crippen LogP contribution in [0.5, 0.6) is 0 Å². The van der Waals surface area contributed by atoms with E-state index in [4.69, 9.17) is 5.73 Å². The molecular formula is C12H14N2S. The standard InChI is InChI=1S/C12H14N2S/c13-12-4-6-14-8-11(12)3-1-2-10-5-7-15-9-10/h4-9H,1-3H2,(H2,13,14). The quantitative estimate of drug-likeness (QED) is 0.857. The van der Waals surface area contributed by atoms with Gasteiger partial charge in [-0.3, -0.25) is 4.98 Å². The van der Waals surface area contributed by atoms with Crippen molar-refractivity contribution in [1.29, 1.82) is 0 Å². The molecule has 0 aliphatic heterocycles. The van der Waals surface area contributed by atoms with Crippen LogP contribution in [0.15, 0.2) is 35.3 Å². The summed E-state index contributed by atoms with van der Waals surface area (Å²) in [6.45, 7) is 0. The summed E-state index contributed by atoms with van der Waals surface area (Å²) < 4.78 is 0. The summed E-state index contributed by atoms with van der Waals surface area (Å²) in [4.78, 5) is 4.08. The summed E-state index contributed by atoms with van der Waals surface area (Å²) in [5, 5.41) is 4.32. The Morgan fingerprint density at radius 3 is 2.93 bits per heavy atom. The maximum atomic E-state index is 5.84. The molecule has 0 saturated carbocycles. The molecule has 0 bridgehead atoms. The van der Waals surface area contributed by atoms with Crippen LogP contribution in [0, 0.1) is 0 Å². The highest BCUT2D eigenvalue weighted by molar-refractivity contribution is 7.07. The molecule has 2 rings (SSSR count). The molecule has 3 heteroatoms. The molecule has 2 aromatic rings. The fourth-order valence-electron chi connectivity index (χ4n) is 1.56. The van der Waals surface area contributed by atoms with Crippen LogP contribution in [0.4, 0.5) is 5.69 Å². The number of hydrogen-bond acceptors (Lipinski definition) is 3. The summed E-state index contributed by atoms with van der Waals surface area (Å²) in [5.74, 6) is 0. The number of anilines is 1. The highest BCUT2D eigenvalue weighted by atomic mass is 32.1. The first-order valence-electron chi connectivity index (χ1n) is 5.05. The molecule has 2 heterocycles. The molecule has 0 saturated heterocycles. The Bertz CT molecular complexity index is 409. The van der Waals surface area contributed by atoms with Crippen LogP contribution in [0.1, 0.15) is 17.5 Å². The van der Waals surface area contributed by atoms with Gasteiger partial charge in [0.25, 0.3) is 0 Å². The van der Waals surface area contributed by atoms with Crippen molar-refractivity contribution in [2.45, 2.75) is 19.3 Å². The minimum atomic E-state index is 0.857. The molecule has 0 radical (unpaired) electrons. The molecule has 2 nitrogen and oxygen atoms in total. The van der Waals surface area contributed by atoms with E-state index >= 15 is 0 Å². The van der Waals surface area contributed by atoms with Crippen molar-refractivity contribution in [3.63, 3.8) is 0 Å². The van der Waals surface area contributed by atoms with Crippen LogP contribution in [0.25, 0.3) is 0 Å². The van der Waals surface area contributed by atoms with Gasteiger partial charge in [0.2, 0.25) is 0 Å². The molecule has 0 unspecified atom stereocenters. The Hall–Kier alpha value is -1.35. The van der Waals surface area contributed by atoms with Gasteiger partial charge in [-0.05, 0) is 53.3 Å². The van der Waals surface area contributed by atoms with Gasteiger partial charge in [0.15, 0.2) is 0 Å². The third-order valence-corrected chi connectivity index (χ3v) is 3.17. The zero-order valence-electron chi connectivity index (χ0n) is 8.52. The summed E-state index contributed by atoms with van der Waals surface area (Å²) in [6.07, 6.45) is 6.86. The first-order chi connectivity index (χ1) is 7.36. The molecule has 0 amide bonds. The summed E-state index contributed by atoms with van der Waals surface area (Å²) >= 11 is 1.75. The summed E-state index contributed by atoms with van der Waals surface area (Å²) in [6, 6.07) is 4.04. The summed E-state index contributed by atoms with van der Waals surface area (Å²) in [7, 11) is 0. The molecule has 0 spiro atoms. The second-order valence-corrected chi connectivity index (χ2v) is 4.34. The lowest BCUT2D eigenvalue weighted by Gasteiger charge is -2.03. The Balaban J connectivity index is 1.86. The van der Waals surface area contributed by atoms with Gasteiger partial charge in [0.1, 0.15) is 0 Å². The molecule has 0 aromatic carbocycles. The van der Waals surface area contributed by atoms with E-state index in [1.807, 2.05) is 12.3 Å². The van der Waals surface area contributed by atoms with Crippen molar-refractivity contribution in [2.75, 3.05) is 5.73 Å². The number of aryl methyl sites for hydroxylation is 2. The molecule has 2 aromatic heterocycles. The molecule has 0 aliphatic rings. The zero-order valence-corrected chi connectivity index (χ0v) is 9.33. The van der Waals surface area contributed by atoms with Crippen molar-refractivity contribution in [1.82, 2.24) is 4.98 Å². The molecule has 2 N–H and O–H groups in total. The van der Waals surface area contributed by atoms with Crippen LogP contribution in [-0.2, 0) is 12.8 Å². The van der Waals surface area contributed by atoms with Gasteiger partial charge >= 0.3 is 0 Å². The van der Waals surface area contributed by atoms with Crippen LogP contribution < -0.4 is 5.73 Å². The maximum absolute atomic E-state index is 5.84. The number of pyridine rings is 1. The third-order valence-electron chi connectivity index (χ3n) is 2.43. The zero-order chi connectivity index (χ0) is 10.5. The Kier molecular flexibility index (Phi) is 3.35. The third kappa shape index (κ3) is 2.80. The predicted octanol–water partition coefficient (Wildman–Crippen LogP) is 2.90. The van der Waals surface area contributed by atoms with Gasteiger partial charge in [-0.15, -0.1) is 0 Å². The fraction of sp³-hybridized carbons (Fsp3) is 0.250. The fourth-order valence-corrected chi connectivity index (χ4v) is 2.27. The van der Waals surface area contributed by atoms with Gasteiger partial charge in [-0.25, -0.2) is 0 Å². The summed E-state index contributed by atoms with van der Waals surface area (Å²) in [5.41, 5.74) is 9.28.